The standard InChI is InChI=1S/C42H64O5/c1-23(2)25-13-15-30-36-28(21-32-40(30,6)17-11-19-42(32,8)38(45)47-22-43)34-26(24(3)4)12-14-29-35(34)27(33(25)36)20-31-39(29,5)16-10-18-41(31,7)37(44)46-9/h23-24,27-32,35-36,43H,10-22H2,1-9H3. The van der Waals surface area contributed by atoms with Gasteiger partial charge in [0.25, 0.3) is 0 Å². The molecule has 12 atom stereocenters. The van der Waals surface area contributed by atoms with Gasteiger partial charge in [-0.15, -0.1) is 0 Å². The van der Waals surface area contributed by atoms with Gasteiger partial charge < -0.3 is 14.6 Å². The maximum Gasteiger partial charge on any atom is 0.314 e. The molecular formula is C42H64O5. The third-order valence-electron chi connectivity index (χ3n) is 16.8. The Hall–Kier alpha value is -1.62. The summed E-state index contributed by atoms with van der Waals surface area (Å²) in [5.74, 6) is 4.60. The average molecular weight is 649 g/mol. The van der Waals surface area contributed by atoms with Crippen LogP contribution in [0.4, 0.5) is 0 Å². The summed E-state index contributed by atoms with van der Waals surface area (Å²) in [6, 6.07) is 0. The molecule has 0 aromatic heterocycles. The van der Waals surface area contributed by atoms with E-state index in [1.807, 2.05) is 5.57 Å². The Morgan fingerprint density at radius 2 is 1.15 bits per heavy atom. The molecule has 7 rings (SSSR count). The highest BCUT2D eigenvalue weighted by Gasteiger charge is 2.69. The van der Waals surface area contributed by atoms with Gasteiger partial charge in [0.15, 0.2) is 6.79 Å². The van der Waals surface area contributed by atoms with Crippen LogP contribution in [-0.2, 0) is 19.1 Å². The predicted molar refractivity (Wildman–Crippen MR) is 185 cm³/mol. The van der Waals surface area contributed by atoms with Gasteiger partial charge in [0.05, 0.1) is 17.9 Å². The summed E-state index contributed by atoms with van der Waals surface area (Å²) < 4.78 is 11.1. The van der Waals surface area contributed by atoms with Crippen LogP contribution in [0.5, 0.6) is 0 Å². The monoisotopic (exact) mass is 648 g/mol. The molecule has 0 amide bonds. The molecular weight excluding hydrogens is 584 g/mol. The first kappa shape index (κ1) is 33.9. The Balaban J connectivity index is 1.45. The zero-order valence-electron chi connectivity index (χ0n) is 31.0. The molecule has 1 N–H and O–H groups in total. The fourth-order valence-corrected chi connectivity index (χ4v) is 15.0. The minimum absolute atomic E-state index is 0.0128. The van der Waals surface area contributed by atoms with Gasteiger partial charge in [-0.05, 0) is 148 Å². The minimum Gasteiger partial charge on any atom is -0.469 e. The van der Waals surface area contributed by atoms with E-state index in [1.54, 1.807) is 23.8 Å². The van der Waals surface area contributed by atoms with Crippen LogP contribution in [0.1, 0.15) is 132 Å². The number of carbonyl (C=O) groups is 2. The molecule has 12 unspecified atom stereocenters. The van der Waals surface area contributed by atoms with E-state index < -0.39 is 17.6 Å². The SMILES string of the molecule is COC(=O)C1(C)CCCC2(C)C3CCC(C(C)C)=C4C5CC6C(C)(C(=O)OCO)CCCC6(C)C6CCC(C(C)C)=C(C(CC12)C43)C56. The van der Waals surface area contributed by atoms with Crippen LogP contribution in [-0.4, -0.2) is 30.9 Å². The number of fused-ring (bicyclic) bond motifs is 6. The molecule has 5 nitrogen and oxygen atoms in total. The lowest BCUT2D eigenvalue weighted by atomic mass is 9.34. The normalized spacial score (nSPS) is 47.1. The van der Waals surface area contributed by atoms with E-state index in [4.69, 9.17) is 9.47 Å². The van der Waals surface area contributed by atoms with Crippen molar-refractivity contribution in [2.75, 3.05) is 13.9 Å². The number of rotatable bonds is 5. The van der Waals surface area contributed by atoms with Crippen molar-refractivity contribution >= 4 is 11.9 Å². The summed E-state index contributed by atoms with van der Waals surface area (Å²) in [5.41, 5.74) is 6.25. The lowest BCUT2D eigenvalue weighted by Gasteiger charge is -2.70. The molecule has 7 aliphatic rings. The van der Waals surface area contributed by atoms with Gasteiger partial charge in [0, 0.05) is 0 Å². The average Bonchev–Trinajstić information content (AvgIpc) is 3.03. The number of methoxy groups -OCH3 is 1. The van der Waals surface area contributed by atoms with E-state index in [0.717, 1.165) is 38.5 Å². The molecule has 0 aromatic carbocycles. The van der Waals surface area contributed by atoms with Crippen molar-refractivity contribution in [1.29, 1.82) is 0 Å². The number of esters is 2. The molecule has 5 saturated carbocycles. The summed E-state index contributed by atoms with van der Waals surface area (Å²) in [4.78, 5) is 27.5. The summed E-state index contributed by atoms with van der Waals surface area (Å²) in [6.07, 6.45) is 13.3. The van der Waals surface area contributed by atoms with E-state index in [9.17, 15) is 14.7 Å². The molecule has 0 aliphatic heterocycles. The zero-order chi connectivity index (χ0) is 33.8. The van der Waals surface area contributed by atoms with Crippen molar-refractivity contribution in [1.82, 2.24) is 0 Å². The molecule has 0 aromatic rings. The summed E-state index contributed by atoms with van der Waals surface area (Å²) in [5, 5.41) is 9.71. The highest BCUT2D eigenvalue weighted by atomic mass is 16.6. The van der Waals surface area contributed by atoms with Gasteiger partial charge in [-0.25, -0.2) is 0 Å². The van der Waals surface area contributed by atoms with Crippen LogP contribution in [0.3, 0.4) is 0 Å². The molecule has 5 fully saturated rings. The van der Waals surface area contributed by atoms with Crippen molar-refractivity contribution < 1.29 is 24.2 Å². The molecule has 0 heterocycles. The fraction of sp³-hybridized carbons (Fsp3) is 0.857. The maximum atomic E-state index is 13.8. The fourth-order valence-electron chi connectivity index (χ4n) is 15.0. The highest BCUT2D eigenvalue weighted by molar-refractivity contribution is 5.78. The van der Waals surface area contributed by atoms with E-state index in [0.29, 0.717) is 53.3 Å². The number of hydrogen-bond donors (Lipinski definition) is 1. The van der Waals surface area contributed by atoms with Crippen LogP contribution in [0.2, 0.25) is 0 Å². The Morgan fingerprint density at radius 1 is 0.723 bits per heavy atom. The molecule has 0 bridgehead atoms. The summed E-state index contributed by atoms with van der Waals surface area (Å²) >= 11 is 0. The number of aliphatic hydroxyl groups is 1. The number of hydrogen-bond acceptors (Lipinski definition) is 5. The first-order valence-corrected chi connectivity index (χ1v) is 19.5. The van der Waals surface area contributed by atoms with Crippen LogP contribution in [0.25, 0.3) is 0 Å². The summed E-state index contributed by atoms with van der Waals surface area (Å²) in [6.45, 7) is 18.8. The predicted octanol–water partition coefficient (Wildman–Crippen LogP) is 9.29. The lowest BCUT2D eigenvalue weighted by molar-refractivity contribution is -0.192. The third-order valence-corrected chi connectivity index (χ3v) is 16.8. The molecule has 262 valence electrons. The topological polar surface area (TPSA) is 72.8 Å². The van der Waals surface area contributed by atoms with Gasteiger partial charge in [-0.1, -0.05) is 76.7 Å². The second-order valence-corrected chi connectivity index (χ2v) is 19.0. The van der Waals surface area contributed by atoms with Gasteiger partial charge in [0.1, 0.15) is 0 Å². The highest BCUT2D eigenvalue weighted by Crippen LogP contribution is 2.76. The van der Waals surface area contributed by atoms with Crippen LogP contribution >= 0.6 is 0 Å². The molecule has 7 aliphatic carbocycles. The van der Waals surface area contributed by atoms with E-state index in [2.05, 4.69) is 55.4 Å². The van der Waals surface area contributed by atoms with Gasteiger partial charge >= 0.3 is 11.9 Å². The Kier molecular flexibility index (Phi) is 8.25. The molecule has 0 spiro atoms. The largest absolute Gasteiger partial charge is 0.469 e. The summed E-state index contributed by atoms with van der Waals surface area (Å²) in [7, 11) is 1.60. The number of ether oxygens (including phenoxy) is 2. The molecule has 5 heteroatoms. The second-order valence-electron chi connectivity index (χ2n) is 19.0. The quantitative estimate of drug-likeness (QED) is 0.183. The molecule has 0 saturated heterocycles. The first-order chi connectivity index (χ1) is 22.2. The Bertz CT molecular complexity index is 1370. The van der Waals surface area contributed by atoms with Crippen molar-refractivity contribution in [2.24, 2.45) is 80.8 Å². The van der Waals surface area contributed by atoms with Crippen LogP contribution in [0.15, 0.2) is 22.3 Å². The van der Waals surface area contributed by atoms with E-state index in [1.165, 1.54) is 38.5 Å². The van der Waals surface area contributed by atoms with E-state index >= 15 is 0 Å². The zero-order valence-corrected chi connectivity index (χ0v) is 31.0. The van der Waals surface area contributed by atoms with Crippen molar-refractivity contribution in [3.8, 4) is 0 Å². The Labute approximate surface area is 285 Å². The molecule has 0 radical (unpaired) electrons. The van der Waals surface area contributed by atoms with Crippen molar-refractivity contribution in [2.45, 2.75) is 132 Å². The second kappa shape index (κ2) is 11.5. The number of aliphatic hydroxyl groups excluding tert-OH is 1. The Morgan fingerprint density at radius 3 is 1.53 bits per heavy atom. The lowest BCUT2D eigenvalue weighted by Crippen LogP contribution is -2.64. The van der Waals surface area contributed by atoms with Gasteiger partial charge in [0.2, 0.25) is 0 Å². The number of allylic oxidation sites excluding steroid dienone is 4. The first-order valence-electron chi connectivity index (χ1n) is 19.5. The molecule has 47 heavy (non-hydrogen) atoms. The van der Waals surface area contributed by atoms with Crippen LogP contribution in [0, 0.1) is 80.8 Å². The third kappa shape index (κ3) is 4.48. The van der Waals surface area contributed by atoms with Gasteiger partial charge in [-0.2, -0.15) is 0 Å². The van der Waals surface area contributed by atoms with Crippen LogP contribution < -0.4 is 0 Å². The van der Waals surface area contributed by atoms with E-state index in [-0.39, 0.29) is 28.7 Å². The maximum absolute atomic E-state index is 13.8. The smallest absolute Gasteiger partial charge is 0.314 e. The van der Waals surface area contributed by atoms with Crippen molar-refractivity contribution in [3.05, 3.63) is 22.3 Å². The minimum atomic E-state index is -0.568. The van der Waals surface area contributed by atoms with Gasteiger partial charge in [-0.3, -0.25) is 9.59 Å². The van der Waals surface area contributed by atoms with Crippen molar-refractivity contribution in [3.63, 3.8) is 0 Å². The number of carbonyl (C=O) groups excluding carboxylic acids is 2.